The van der Waals surface area contributed by atoms with E-state index in [-0.39, 0.29) is 24.5 Å². The zero-order valence-electron chi connectivity index (χ0n) is 16.4. The average Bonchev–Trinajstić information content (AvgIpc) is 3.16. The number of nitrogens with zero attached hydrogens (tertiary/aromatic N) is 3. The Bertz CT molecular complexity index is 755. The molecule has 2 aliphatic rings. The zero-order valence-corrected chi connectivity index (χ0v) is 17.2. The molecule has 1 aromatic rings. The summed E-state index contributed by atoms with van der Waals surface area (Å²) in [6.45, 7) is 6.44. The minimum Gasteiger partial charge on any atom is -0.373 e. The van der Waals surface area contributed by atoms with Crippen LogP contribution in [0.25, 0.3) is 0 Å². The smallest absolute Gasteiger partial charge is 0.319 e. The molecule has 2 amide bonds. The van der Waals surface area contributed by atoms with E-state index in [1.165, 1.54) is 17.1 Å². The van der Waals surface area contributed by atoms with Gasteiger partial charge in [0.2, 0.25) is 10.0 Å². The number of carbonyl (C=O) groups excluding carboxylic acids is 1. The van der Waals surface area contributed by atoms with E-state index in [9.17, 15) is 13.2 Å². The first-order chi connectivity index (χ1) is 13.3. The Morgan fingerprint density at radius 2 is 1.89 bits per heavy atom. The lowest BCUT2D eigenvalue weighted by molar-refractivity contribution is -0.0440. The summed E-state index contributed by atoms with van der Waals surface area (Å²) in [5.74, 6) is 0.759. The summed E-state index contributed by atoms with van der Waals surface area (Å²) >= 11 is 0. The maximum Gasteiger partial charge on any atom is 0.319 e. The van der Waals surface area contributed by atoms with Crippen LogP contribution in [0.2, 0.25) is 0 Å². The molecule has 156 valence electrons. The quantitative estimate of drug-likeness (QED) is 0.730. The molecule has 0 saturated carbocycles. The van der Waals surface area contributed by atoms with Gasteiger partial charge in [0, 0.05) is 32.7 Å². The number of morpholine rings is 1. The molecule has 2 N–H and O–H groups in total. The molecule has 0 aliphatic carbocycles. The SMILES string of the molecule is C[C@H]1CN(S(=O)(=O)CCNC(=O)Nc2ccc(N3CCCC3)nc2)C[C@H](C)O1. The molecule has 2 atom stereocenters. The molecule has 0 radical (unpaired) electrons. The highest BCUT2D eigenvalue weighted by atomic mass is 32.2. The fraction of sp³-hybridized carbons (Fsp3) is 0.667. The number of rotatable bonds is 6. The molecule has 2 aliphatic heterocycles. The van der Waals surface area contributed by atoms with Crippen LogP contribution in [0, 0.1) is 0 Å². The number of sulfonamides is 1. The molecular weight excluding hydrogens is 382 g/mol. The number of carbonyl (C=O) groups is 1. The molecule has 2 fully saturated rings. The molecule has 28 heavy (non-hydrogen) atoms. The van der Waals surface area contributed by atoms with Gasteiger partial charge in [-0.25, -0.2) is 18.2 Å². The van der Waals surface area contributed by atoms with Gasteiger partial charge in [-0.2, -0.15) is 4.31 Å². The van der Waals surface area contributed by atoms with E-state index in [2.05, 4.69) is 20.5 Å². The standard InChI is InChI=1S/C18H29N5O4S/c1-14-12-23(13-15(2)27-14)28(25,26)10-7-19-18(24)21-16-5-6-17(20-11-16)22-8-3-4-9-22/h5-6,11,14-15H,3-4,7-10,12-13H2,1-2H3,(H2,19,21,24)/t14-,15-/m0/s1. The van der Waals surface area contributed by atoms with Crippen molar-refractivity contribution in [3.05, 3.63) is 18.3 Å². The Kier molecular flexibility index (Phi) is 6.73. The molecule has 0 aromatic carbocycles. The van der Waals surface area contributed by atoms with Crippen molar-refractivity contribution in [2.45, 2.75) is 38.9 Å². The third-order valence-corrected chi connectivity index (χ3v) is 6.67. The second-order valence-electron chi connectivity index (χ2n) is 7.37. The van der Waals surface area contributed by atoms with E-state index >= 15 is 0 Å². The Balaban J connectivity index is 1.43. The van der Waals surface area contributed by atoms with Gasteiger partial charge in [-0.05, 0) is 38.8 Å². The maximum atomic E-state index is 12.5. The fourth-order valence-electron chi connectivity index (χ4n) is 3.55. The number of nitrogens with one attached hydrogen (secondary N) is 2. The summed E-state index contributed by atoms with van der Waals surface area (Å²) in [6.07, 6.45) is 3.70. The Labute approximate surface area is 166 Å². The molecular formula is C18H29N5O4S. The van der Waals surface area contributed by atoms with Crippen LogP contribution >= 0.6 is 0 Å². The van der Waals surface area contributed by atoms with Gasteiger partial charge in [0.05, 0.1) is 29.8 Å². The van der Waals surface area contributed by atoms with Crippen LogP contribution in [-0.2, 0) is 14.8 Å². The van der Waals surface area contributed by atoms with E-state index in [0.29, 0.717) is 18.8 Å². The van der Waals surface area contributed by atoms with Crippen LogP contribution in [0.3, 0.4) is 0 Å². The zero-order chi connectivity index (χ0) is 20.1. The van der Waals surface area contributed by atoms with Gasteiger partial charge in [-0.15, -0.1) is 0 Å². The van der Waals surface area contributed by atoms with Gasteiger partial charge in [-0.1, -0.05) is 0 Å². The van der Waals surface area contributed by atoms with Crippen LogP contribution in [0.1, 0.15) is 26.7 Å². The van der Waals surface area contributed by atoms with Crippen molar-refractivity contribution in [1.29, 1.82) is 0 Å². The lowest BCUT2D eigenvalue weighted by Gasteiger charge is -2.34. The number of ether oxygens (including phenoxy) is 1. The van der Waals surface area contributed by atoms with Crippen molar-refractivity contribution in [2.75, 3.05) is 48.7 Å². The molecule has 0 spiro atoms. The molecule has 1 aromatic heterocycles. The first kappa shape index (κ1) is 20.8. The van der Waals surface area contributed by atoms with E-state index in [4.69, 9.17) is 4.74 Å². The van der Waals surface area contributed by atoms with Crippen LogP contribution in [0.15, 0.2) is 18.3 Å². The summed E-state index contributed by atoms with van der Waals surface area (Å²) in [5, 5.41) is 5.27. The second kappa shape index (κ2) is 9.06. The molecule has 2 saturated heterocycles. The maximum absolute atomic E-state index is 12.5. The Morgan fingerprint density at radius 1 is 1.21 bits per heavy atom. The van der Waals surface area contributed by atoms with Crippen molar-refractivity contribution in [1.82, 2.24) is 14.6 Å². The van der Waals surface area contributed by atoms with Gasteiger partial charge in [0.25, 0.3) is 0 Å². The Morgan fingerprint density at radius 3 is 2.50 bits per heavy atom. The summed E-state index contributed by atoms with van der Waals surface area (Å²) < 4.78 is 31.9. The Hall–Kier alpha value is -1.91. The highest BCUT2D eigenvalue weighted by molar-refractivity contribution is 7.89. The molecule has 3 heterocycles. The number of amides is 2. The first-order valence-corrected chi connectivity index (χ1v) is 11.3. The van der Waals surface area contributed by atoms with E-state index in [0.717, 1.165) is 18.9 Å². The monoisotopic (exact) mass is 411 g/mol. The van der Waals surface area contributed by atoms with Gasteiger partial charge in [-0.3, -0.25) is 0 Å². The third kappa shape index (κ3) is 5.55. The highest BCUT2D eigenvalue weighted by Gasteiger charge is 2.30. The van der Waals surface area contributed by atoms with Crippen LogP contribution in [0.4, 0.5) is 16.3 Å². The predicted molar refractivity (Wildman–Crippen MR) is 108 cm³/mol. The third-order valence-electron chi connectivity index (χ3n) is 4.86. The van der Waals surface area contributed by atoms with Gasteiger partial charge in [0.1, 0.15) is 5.82 Å². The van der Waals surface area contributed by atoms with Crippen molar-refractivity contribution in [3.63, 3.8) is 0 Å². The summed E-state index contributed by atoms with van der Waals surface area (Å²) in [7, 11) is -3.44. The van der Waals surface area contributed by atoms with E-state index in [1.54, 1.807) is 12.3 Å². The van der Waals surface area contributed by atoms with E-state index in [1.807, 2.05) is 19.9 Å². The second-order valence-corrected chi connectivity index (χ2v) is 9.46. The largest absolute Gasteiger partial charge is 0.373 e. The molecule has 3 rings (SSSR count). The normalized spacial score (nSPS) is 23.6. The van der Waals surface area contributed by atoms with Crippen molar-refractivity contribution in [2.24, 2.45) is 0 Å². The van der Waals surface area contributed by atoms with Gasteiger partial charge >= 0.3 is 6.03 Å². The number of hydrogen-bond acceptors (Lipinski definition) is 6. The van der Waals surface area contributed by atoms with E-state index < -0.39 is 16.1 Å². The average molecular weight is 412 g/mol. The van der Waals surface area contributed by atoms with Gasteiger partial charge in [0.15, 0.2) is 0 Å². The van der Waals surface area contributed by atoms with Gasteiger partial charge < -0.3 is 20.3 Å². The highest BCUT2D eigenvalue weighted by Crippen LogP contribution is 2.19. The first-order valence-electron chi connectivity index (χ1n) is 9.72. The molecule has 0 unspecified atom stereocenters. The molecule has 9 nitrogen and oxygen atoms in total. The summed E-state index contributed by atoms with van der Waals surface area (Å²) in [5.41, 5.74) is 0.569. The summed E-state index contributed by atoms with van der Waals surface area (Å²) in [6, 6.07) is 3.23. The van der Waals surface area contributed by atoms with Crippen LogP contribution < -0.4 is 15.5 Å². The summed E-state index contributed by atoms with van der Waals surface area (Å²) in [4.78, 5) is 18.6. The lowest BCUT2D eigenvalue weighted by atomic mass is 10.3. The minimum atomic E-state index is -3.44. The van der Waals surface area contributed by atoms with Crippen molar-refractivity contribution >= 4 is 27.6 Å². The molecule has 0 bridgehead atoms. The van der Waals surface area contributed by atoms with Crippen molar-refractivity contribution in [3.8, 4) is 0 Å². The number of hydrogen-bond donors (Lipinski definition) is 2. The topological polar surface area (TPSA) is 104 Å². The molecule has 10 heteroatoms. The number of urea groups is 1. The number of anilines is 2. The number of aromatic nitrogens is 1. The fourth-order valence-corrected chi connectivity index (χ4v) is 5.04. The van der Waals surface area contributed by atoms with Crippen molar-refractivity contribution < 1.29 is 17.9 Å². The lowest BCUT2D eigenvalue weighted by Crippen LogP contribution is -2.49. The van der Waals surface area contributed by atoms with Crippen LogP contribution in [-0.4, -0.2) is 74.4 Å². The van der Waals surface area contributed by atoms with Crippen LogP contribution in [0.5, 0.6) is 0 Å². The predicted octanol–water partition coefficient (Wildman–Crippen LogP) is 1.24. The number of pyridine rings is 1. The minimum absolute atomic E-state index is 0.0353.